The molecule has 2 rings (SSSR count). The van der Waals surface area contributed by atoms with Gasteiger partial charge in [0.05, 0.1) is 10.6 Å². The lowest BCUT2D eigenvalue weighted by molar-refractivity contribution is 0.112. The number of carbonyl (C=O) groups is 1. The topological polar surface area (TPSA) is 42.9 Å². The summed E-state index contributed by atoms with van der Waals surface area (Å²) in [5.74, 6) is 0.392. The fraction of sp³-hybridized carbons (Fsp3) is 0.250. The van der Waals surface area contributed by atoms with Crippen molar-refractivity contribution in [1.29, 1.82) is 0 Å². The molecule has 0 unspecified atom stereocenters. The molecule has 0 aliphatic rings. The van der Waals surface area contributed by atoms with Crippen LogP contribution in [0.15, 0.2) is 24.7 Å². The molecule has 4 heteroatoms. The zero-order valence-corrected chi connectivity index (χ0v) is 9.99. The molecule has 0 radical (unpaired) electrons. The van der Waals surface area contributed by atoms with Gasteiger partial charge >= 0.3 is 0 Å². The van der Waals surface area contributed by atoms with Crippen LogP contribution in [-0.4, -0.2) is 16.3 Å². The van der Waals surface area contributed by atoms with Crippen molar-refractivity contribution >= 4 is 17.6 Å². The first-order valence-electron chi connectivity index (χ1n) is 5.07. The van der Waals surface area contributed by atoms with Crippen LogP contribution in [0.3, 0.4) is 0 Å². The quantitative estimate of drug-likeness (QED) is 0.763. The van der Waals surface area contributed by atoms with Crippen LogP contribution in [0.5, 0.6) is 0 Å². The van der Waals surface area contributed by atoms with Gasteiger partial charge in [0.2, 0.25) is 0 Å². The summed E-state index contributed by atoms with van der Waals surface area (Å²) in [4.78, 5) is 20.9. The van der Waals surface area contributed by atoms with E-state index in [0.717, 1.165) is 22.4 Å². The molecule has 2 heterocycles. The molecule has 0 aromatic carbocycles. The van der Waals surface area contributed by atoms with E-state index in [0.29, 0.717) is 5.92 Å². The summed E-state index contributed by atoms with van der Waals surface area (Å²) in [5, 5.41) is 0. The number of nitrogens with zero attached hydrogens (tertiary/aromatic N) is 2. The Morgan fingerprint density at radius 2 is 2.25 bits per heavy atom. The van der Waals surface area contributed by atoms with E-state index in [1.54, 1.807) is 6.20 Å². The van der Waals surface area contributed by atoms with Crippen molar-refractivity contribution < 1.29 is 4.79 Å². The van der Waals surface area contributed by atoms with Crippen LogP contribution in [0.2, 0.25) is 0 Å². The smallest absolute Gasteiger partial charge is 0.160 e. The van der Waals surface area contributed by atoms with Crippen LogP contribution in [0.25, 0.3) is 11.3 Å². The van der Waals surface area contributed by atoms with Gasteiger partial charge in [0.25, 0.3) is 0 Å². The Morgan fingerprint density at radius 3 is 2.81 bits per heavy atom. The zero-order chi connectivity index (χ0) is 11.5. The first-order valence-corrected chi connectivity index (χ1v) is 5.89. The molecule has 82 valence electrons. The van der Waals surface area contributed by atoms with Gasteiger partial charge in [-0.3, -0.25) is 4.79 Å². The number of carbonyl (C=O) groups excluding carboxylic acids is 1. The lowest BCUT2D eigenvalue weighted by atomic mass is 10.1. The third-order valence-corrected chi connectivity index (χ3v) is 3.64. The number of rotatable bonds is 3. The van der Waals surface area contributed by atoms with Gasteiger partial charge in [-0.05, 0) is 18.1 Å². The normalized spacial score (nSPS) is 10.7. The Labute approximate surface area is 98.2 Å². The molecule has 0 saturated carbocycles. The van der Waals surface area contributed by atoms with Crippen LogP contribution in [0.1, 0.15) is 34.3 Å². The molecule has 0 amide bonds. The van der Waals surface area contributed by atoms with Crippen molar-refractivity contribution in [2.75, 3.05) is 0 Å². The van der Waals surface area contributed by atoms with Gasteiger partial charge in [-0.1, -0.05) is 13.8 Å². The highest BCUT2D eigenvalue weighted by Crippen LogP contribution is 2.34. The first-order chi connectivity index (χ1) is 7.72. The van der Waals surface area contributed by atoms with E-state index >= 15 is 0 Å². The monoisotopic (exact) mass is 232 g/mol. The van der Waals surface area contributed by atoms with Crippen LogP contribution in [0.4, 0.5) is 0 Å². The Balaban J connectivity index is 2.55. The van der Waals surface area contributed by atoms with E-state index < -0.39 is 0 Å². The molecule has 2 aromatic rings. The molecular weight excluding hydrogens is 220 g/mol. The number of hydrogen-bond acceptors (Lipinski definition) is 4. The SMILES string of the molecule is CC(C)c1sc(C=O)cc1-c1ccncn1. The van der Waals surface area contributed by atoms with Crippen LogP contribution < -0.4 is 0 Å². The predicted octanol–water partition coefficient (Wildman–Crippen LogP) is 3.14. The maximum Gasteiger partial charge on any atom is 0.160 e. The largest absolute Gasteiger partial charge is 0.297 e. The second-order valence-electron chi connectivity index (χ2n) is 3.79. The number of aromatic nitrogens is 2. The third kappa shape index (κ3) is 2.02. The Kier molecular flexibility index (Phi) is 3.10. The van der Waals surface area contributed by atoms with Gasteiger partial charge in [-0.25, -0.2) is 9.97 Å². The summed E-state index contributed by atoms with van der Waals surface area (Å²) in [6, 6.07) is 3.76. The average Bonchev–Trinajstić information content (AvgIpc) is 2.74. The lowest BCUT2D eigenvalue weighted by Gasteiger charge is -2.05. The number of aldehydes is 1. The fourth-order valence-electron chi connectivity index (χ4n) is 1.56. The zero-order valence-electron chi connectivity index (χ0n) is 9.18. The van der Waals surface area contributed by atoms with Crippen molar-refractivity contribution in [1.82, 2.24) is 9.97 Å². The molecule has 0 aliphatic carbocycles. The van der Waals surface area contributed by atoms with Gasteiger partial charge in [-0.15, -0.1) is 11.3 Å². The van der Waals surface area contributed by atoms with E-state index in [-0.39, 0.29) is 0 Å². The van der Waals surface area contributed by atoms with Crippen LogP contribution >= 0.6 is 11.3 Å². The van der Waals surface area contributed by atoms with Crippen molar-refractivity contribution in [2.24, 2.45) is 0 Å². The molecule has 0 fully saturated rings. The standard InChI is InChI=1S/C12H12N2OS/c1-8(2)12-10(5-9(6-15)16-12)11-3-4-13-7-14-11/h3-8H,1-2H3. The fourth-order valence-corrected chi connectivity index (χ4v) is 2.55. The molecule has 0 N–H and O–H groups in total. The highest BCUT2D eigenvalue weighted by molar-refractivity contribution is 7.14. The van der Waals surface area contributed by atoms with E-state index in [1.165, 1.54) is 22.5 Å². The first kappa shape index (κ1) is 11.0. The highest BCUT2D eigenvalue weighted by atomic mass is 32.1. The maximum absolute atomic E-state index is 10.8. The minimum Gasteiger partial charge on any atom is -0.297 e. The summed E-state index contributed by atoms with van der Waals surface area (Å²) in [5.41, 5.74) is 1.92. The molecule has 0 bridgehead atoms. The molecular formula is C12H12N2OS. The molecule has 0 atom stereocenters. The summed E-state index contributed by atoms with van der Waals surface area (Å²) in [6.45, 7) is 4.23. The summed E-state index contributed by atoms with van der Waals surface area (Å²) < 4.78 is 0. The van der Waals surface area contributed by atoms with Gasteiger partial charge < -0.3 is 0 Å². The van der Waals surface area contributed by atoms with E-state index in [4.69, 9.17) is 0 Å². The highest BCUT2D eigenvalue weighted by Gasteiger charge is 2.14. The second-order valence-corrected chi connectivity index (χ2v) is 4.91. The van der Waals surface area contributed by atoms with E-state index in [2.05, 4.69) is 23.8 Å². The second kappa shape index (κ2) is 4.53. The molecule has 3 nitrogen and oxygen atoms in total. The van der Waals surface area contributed by atoms with Gasteiger partial charge in [0.15, 0.2) is 6.29 Å². The molecule has 2 aromatic heterocycles. The maximum atomic E-state index is 10.8. The summed E-state index contributed by atoms with van der Waals surface area (Å²) >= 11 is 1.53. The minimum atomic E-state index is 0.392. The molecule has 0 spiro atoms. The number of thiophene rings is 1. The molecule has 0 aliphatic heterocycles. The summed E-state index contributed by atoms with van der Waals surface area (Å²) in [6.07, 6.45) is 4.13. The molecule has 16 heavy (non-hydrogen) atoms. The van der Waals surface area contributed by atoms with Crippen molar-refractivity contribution in [3.05, 3.63) is 34.4 Å². The number of hydrogen-bond donors (Lipinski definition) is 0. The van der Waals surface area contributed by atoms with Gasteiger partial charge in [0, 0.05) is 16.6 Å². The minimum absolute atomic E-state index is 0.392. The lowest BCUT2D eigenvalue weighted by Crippen LogP contribution is -1.88. The predicted molar refractivity (Wildman–Crippen MR) is 64.8 cm³/mol. The van der Waals surface area contributed by atoms with Crippen LogP contribution in [-0.2, 0) is 0 Å². The van der Waals surface area contributed by atoms with Gasteiger partial charge in [0.1, 0.15) is 6.33 Å². The third-order valence-electron chi connectivity index (χ3n) is 2.28. The Hall–Kier alpha value is -1.55. The van der Waals surface area contributed by atoms with E-state index in [9.17, 15) is 4.79 Å². The van der Waals surface area contributed by atoms with Crippen molar-refractivity contribution in [3.63, 3.8) is 0 Å². The Bertz CT molecular complexity index is 491. The van der Waals surface area contributed by atoms with Gasteiger partial charge in [-0.2, -0.15) is 0 Å². The van der Waals surface area contributed by atoms with E-state index in [1.807, 2.05) is 12.1 Å². The summed E-state index contributed by atoms with van der Waals surface area (Å²) in [7, 11) is 0. The Morgan fingerprint density at radius 1 is 1.44 bits per heavy atom. The van der Waals surface area contributed by atoms with Crippen LogP contribution in [0, 0.1) is 0 Å². The van der Waals surface area contributed by atoms with Crippen molar-refractivity contribution in [3.8, 4) is 11.3 Å². The molecule has 0 saturated heterocycles. The average molecular weight is 232 g/mol. The van der Waals surface area contributed by atoms with Crippen molar-refractivity contribution in [2.45, 2.75) is 19.8 Å².